The molecule has 1 aromatic rings. The molecule has 0 aromatic carbocycles. The van der Waals surface area contributed by atoms with Gasteiger partial charge in [0.1, 0.15) is 0 Å². The molecule has 0 amide bonds. The van der Waals surface area contributed by atoms with Crippen molar-refractivity contribution in [2.45, 2.75) is 32.4 Å². The SMILES string of the molecule is CC1CCC1NCc1cnc(N)nc1. The highest BCUT2D eigenvalue weighted by Gasteiger charge is 2.25. The van der Waals surface area contributed by atoms with Gasteiger partial charge in [-0.05, 0) is 18.8 Å². The molecule has 1 aliphatic carbocycles. The normalized spacial score (nSPS) is 25.8. The summed E-state index contributed by atoms with van der Waals surface area (Å²) in [5, 5.41) is 3.48. The summed E-state index contributed by atoms with van der Waals surface area (Å²) < 4.78 is 0. The van der Waals surface area contributed by atoms with Crippen molar-refractivity contribution >= 4 is 5.95 Å². The number of aromatic nitrogens is 2. The third kappa shape index (κ3) is 2.01. The maximum absolute atomic E-state index is 5.40. The lowest BCUT2D eigenvalue weighted by atomic mass is 9.81. The van der Waals surface area contributed by atoms with E-state index < -0.39 is 0 Å². The van der Waals surface area contributed by atoms with Crippen molar-refractivity contribution in [2.75, 3.05) is 5.73 Å². The Hall–Kier alpha value is -1.16. The number of hydrogen-bond acceptors (Lipinski definition) is 4. The maximum atomic E-state index is 5.40. The van der Waals surface area contributed by atoms with E-state index in [0.29, 0.717) is 12.0 Å². The summed E-state index contributed by atoms with van der Waals surface area (Å²) in [5.74, 6) is 1.15. The molecule has 0 aliphatic heterocycles. The van der Waals surface area contributed by atoms with Crippen molar-refractivity contribution in [1.29, 1.82) is 0 Å². The fourth-order valence-corrected chi connectivity index (χ4v) is 1.67. The van der Waals surface area contributed by atoms with Gasteiger partial charge in [-0.15, -0.1) is 0 Å². The number of rotatable bonds is 3. The summed E-state index contributed by atoms with van der Waals surface area (Å²) in [7, 11) is 0. The molecule has 2 unspecified atom stereocenters. The third-order valence-corrected chi connectivity index (χ3v) is 2.91. The first kappa shape index (κ1) is 9.40. The predicted octanol–water partition coefficient (Wildman–Crippen LogP) is 0.947. The van der Waals surface area contributed by atoms with E-state index in [2.05, 4.69) is 22.2 Å². The minimum Gasteiger partial charge on any atom is -0.368 e. The van der Waals surface area contributed by atoms with Gasteiger partial charge in [0, 0.05) is 30.5 Å². The highest BCUT2D eigenvalue weighted by atomic mass is 15.0. The summed E-state index contributed by atoms with van der Waals surface area (Å²) in [4.78, 5) is 7.89. The molecule has 0 radical (unpaired) electrons. The van der Waals surface area contributed by atoms with Crippen LogP contribution >= 0.6 is 0 Å². The lowest BCUT2D eigenvalue weighted by Gasteiger charge is -2.34. The number of hydrogen-bond donors (Lipinski definition) is 2. The zero-order valence-corrected chi connectivity index (χ0v) is 8.40. The van der Waals surface area contributed by atoms with Gasteiger partial charge in [0.25, 0.3) is 0 Å². The van der Waals surface area contributed by atoms with Crippen molar-refractivity contribution in [3.8, 4) is 0 Å². The molecule has 4 nitrogen and oxygen atoms in total. The van der Waals surface area contributed by atoms with Crippen molar-refractivity contribution in [2.24, 2.45) is 5.92 Å². The topological polar surface area (TPSA) is 63.8 Å². The molecular formula is C10H16N4. The lowest BCUT2D eigenvalue weighted by Crippen LogP contribution is -2.41. The fraction of sp³-hybridized carbons (Fsp3) is 0.600. The molecule has 1 aliphatic rings. The number of nitrogens with two attached hydrogens (primary N) is 1. The number of nitrogens with one attached hydrogen (secondary N) is 1. The maximum Gasteiger partial charge on any atom is 0.219 e. The van der Waals surface area contributed by atoms with E-state index in [0.717, 1.165) is 18.0 Å². The van der Waals surface area contributed by atoms with Crippen LogP contribution in [0.5, 0.6) is 0 Å². The molecule has 0 bridgehead atoms. The summed E-state index contributed by atoms with van der Waals surface area (Å²) in [6.07, 6.45) is 6.18. The second-order valence-electron chi connectivity index (χ2n) is 3.99. The highest BCUT2D eigenvalue weighted by Crippen LogP contribution is 2.26. The van der Waals surface area contributed by atoms with Gasteiger partial charge in [-0.25, -0.2) is 9.97 Å². The first-order valence-corrected chi connectivity index (χ1v) is 5.05. The van der Waals surface area contributed by atoms with Crippen LogP contribution < -0.4 is 11.1 Å². The summed E-state index contributed by atoms with van der Waals surface area (Å²) in [5.41, 5.74) is 6.50. The van der Waals surface area contributed by atoms with Crippen LogP contribution in [0.4, 0.5) is 5.95 Å². The molecule has 14 heavy (non-hydrogen) atoms. The van der Waals surface area contributed by atoms with Gasteiger partial charge in [-0.3, -0.25) is 0 Å². The average molecular weight is 192 g/mol. The summed E-state index contributed by atoms with van der Waals surface area (Å²) in [6, 6.07) is 0.674. The Bertz CT molecular complexity index is 295. The number of nitrogen functional groups attached to an aromatic ring is 1. The number of anilines is 1. The van der Waals surface area contributed by atoms with E-state index in [1.54, 1.807) is 12.4 Å². The monoisotopic (exact) mass is 192 g/mol. The lowest BCUT2D eigenvalue weighted by molar-refractivity contribution is 0.228. The van der Waals surface area contributed by atoms with Crippen molar-refractivity contribution in [3.05, 3.63) is 18.0 Å². The Kier molecular flexibility index (Phi) is 2.63. The van der Waals surface area contributed by atoms with Crippen LogP contribution in [0.2, 0.25) is 0 Å². The molecular weight excluding hydrogens is 176 g/mol. The van der Waals surface area contributed by atoms with Crippen LogP contribution in [0.1, 0.15) is 25.3 Å². The van der Waals surface area contributed by atoms with Gasteiger partial charge in [0.15, 0.2) is 0 Å². The second kappa shape index (κ2) is 3.92. The fourth-order valence-electron chi connectivity index (χ4n) is 1.67. The average Bonchev–Trinajstić information content (AvgIpc) is 2.19. The Morgan fingerprint density at radius 3 is 2.64 bits per heavy atom. The molecule has 1 fully saturated rings. The van der Waals surface area contributed by atoms with Crippen LogP contribution in [0.25, 0.3) is 0 Å². The summed E-state index contributed by atoms with van der Waals surface area (Å²) >= 11 is 0. The van der Waals surface area contributed by atoms with E-state index in [9.17, 15) is 0 Å². The minimum absolute atomic E-state index is 0.339. The first-order chi connectivity index (χ1) is 6.75. The van der Waals surface area contributed by atoms with Crippen LogP contribution in [0, 0.1) is 5.92 Å². The quantitative estimate of drug-likeness (QED) is 0.748. The Morgan fingerprint density at radius 2 is 2.14 bits per heavy atom. The zero-order chi connectivity index (χ0) is 9.97. The largest absolute Gasteiger partial charge is 0.368 e. The van der Waals surface area contributed by atoms with Crippen LogP contribution in [-0.4, -0.2) is 16.0 Å². The summed E-state index contributed by atoms with van der Waals surface area (Å²) in [6.45, 7) is 3.12. The first-order valence-electron chi connectivity index (χ1n) is 5.05. The molecule has 1 heterocycles. The standard InChI is InChI=1S/C10H16N4/c1-7-2-3-9(7)12-4-8-5-13-10(11)14-6-8/h5-7,9,12H,2-4H2,1H3,(H2,11,13,14). The molecule has 4 heteroatoms. The van der Waals surface area contributed by atoms with Gasteiger partial charge in [-0.2, -0.15) is 0 Å². The Labute approximate surface area is 83.9 Å². The molecule has 0 saturated heterocycles. The van der Waals surface area contributed by atoms with E-state index in [4.69, 9.17) is 5.73 Å². The minimum atomic E-state index is 0.339. The zero-order valence-electron chi connectivity index (χ0n) is 8.40. The highest BCUT2D eigenvalue weighted by molar-refractivity contribution is 5.17. The van der Waals surface area contributed by atoms with Gasteiger partial charge < -0.3 is 11.1 Å². The molecule has 2 rings (SSSR count). The molecule has 3 N–H and O–H groups in total. The second-order valence-corrected chi connectivity index (χ2v) is 3.99. The van der Waals surface area contributed by atoms with Crippen molar-refractivity contribution < 1.29 is 0 Å². The van der Waals surface area contributed by atoms with Gasteiger partial charge >= 0.3 is 0 Å². The van der Waals surface area contributed by atoms with Gasteiger partial charge in [0.2, 0.25) is 5.95 Å². The van der Waals surface area contributed by atoms with E-state index >= 15 is 0 Å². The Balaban J connectivity index is 1.83. The van der Waals surface area contributed by atoms with E-state index in [1.165, 1.54) is 12.8 Å². The molecule has 0 spiro atoms. The third-order valence-electron chi connectivity index (χ3n) is 2.91. The molecule has 1 saturated carbocycles. The van der Waals surface area contributed by atoms with Crippen LogP contribution in [-0.2, 0) is 6.54 Å². The number of nitrogens with zero attached hydrogens (tertiary/aromatic N) is 2. The van der Waals surface area contributed by atoms with Gasteiger partial charge in [0.05, 0.1) is 0 Å². The predicted molar refractivity (Wildman–Crippen MR) is 55.5 cm³/mol. The van der Waals surface area contributed by atoms with Gasteiger partial charge in [-0.1, -0.05) is 6.92 Å². The smallest absolute Gasteiger partial charge is 0.219 e. The van der Waals surface area contributed by atoms with Crippen molar-refractivity contribution in [1.82, 2.24) is 15.3 Å². The molecule has 2 atom stereocenters. The van der Waals surface area contributed by atoms with E-state index in [1.807, 2.05) is 0 Å². The van der Waals surface area contributed by atoms with E-state index in [-0.39, 0.29) is 0 Å². The van der Waals surface area contributed by atoms with Crippen molar-refractivity contribution in [3.63, 3.8) is 0 Å². The Morgan fingerprint density at radius 1 is 1.43 bits per heavy atom. The van der Waals surface area contributed by atoms with Crippen LogP contribution in [0.3, 0.4) is 0 Å². The molecule has 1 aromatic heterocycles. The van der Waals surface area contributed by atoms with Crippen LogP contribution in [0.15, 0.2) is 12.4 Å². The molecule has 76 valence electrons.